The topological polar surface area (TPSA) is 108 Å². The van der Waals surface area contributed by atoms with E-state index in [4.69, 9.17) is 0 Å². The Kier molecular flexibility index (Phi) is 6.33. The van der Waals surface area contributed by atoms with E-state index in [1.54, 1.807) is 47.0 Å². The van der Waals surface area contributed by atoms with Gasteiger partial charge in [0, 0.05) is 23.6 Å². The van der Waals surface area contributed by atoms with E-state index in [9.17, 15) is 18.5 Å². The van der Waals surface area contributed by atoms with Crippen molar-refractivity contribution in [2.45, 2.75) is 21.6 Å². The molecular formula is C22H18N4O4S2. The largest absolute Gasteiger partial charge is 0.273 e. The maximum absolute atomic E-state index is 12.9. The van der Waals surface area contributed by atoms with Crippen LogP contribution in [0, 0.1) is 10.1 Å². The third kappa shape index (κ3) is 4.87. The summed E-state index contributed by atoms with van der Waals surface area (Å²) in [5.41, 5.74) is 1.66. The Morgan fingerprint density at radius 2 is 1.50 bits per heavy atom. The SMILES string of the molecule is O=[N+]([O-])c1ccc(CSc2nnc(CS(=O)(=O)c3ccccc3)n2-c2ccccc2)cc1. The summed E-state index contributed by atoms with van der Waals surface area (Å²) in [7, 11) is -3.61. The number of hydrogen-bond acceptors (Lipinski definition) is 7. The van der Waals surface area contributed by atoms with Crippen LogP contribution < -0.4 is 0 Å². The summed E-state index contributed by atoms with van der Waals surface area (Å²) in [6, 6.07) is 23.8. The fourth-order valence-corrected chi connectivity index (χ4v) is 5.26. The minimum Gasteiger partial charge on any atom is -0.273 e. The van der Waals surface area contributed by atoms with E-state index in [2.05, 4.69) is 10.2 Å². The number of sulfone groups is 1. The van der Waals surface area contributed by atoms with Gasteiger partial charge in [-0.3, -0.25) is 14.7 Å². The number of para-hydroxylation sites is 1. The highest BCUT2D eigenvalue weighted by atomic mass is 32.2. The van der Waals surface area contributed by atoms with Crippen molar-refractivity contribution in [2.75, 3.05) is 0 Å². The fourth-order valence-electron chi connectivity index (χ4n) is 3.07. The Balaban J connectivity index is 1.63. The lowest BCUT2D eigenvalue weighted by atomic mass is 10.2. The Morgan fingerprint density at radius 1 is 0.875 bits per heavy atom. The molecule has 0 spiro atoms. The predicted molar refractivity (Wildman–Crippen MR) is 121 cm³/mol. The molecule has 0 amide bonds. The van der Waals surface area contributed by atoms with Crippen molar-refractivity contribution in [1.29, 1.82) is 0 Å². The summed E-state index contributed by atoms with van der Waals surface area (Å²) in [5, 5.41) is 19.8. The Bertz CT molecular complexity index is 1320. The molecule has 0 bridgehead atoms. The van der Waals surface area contributed by atoms with Gasteiger partial charge in [-0.25, -0.2) is 8.42 Å². The van der Waals surface area contributed by atoms with E-state index in [0.29, 0.717) is 16.7 Å². The summed E-state index contributed by atoms with van der Waals surface area (Å²) in [6.45, 7) is 0. The number of nitro benzene ring substituents is 1. The number of nitrogens with zero attached hydrogens (tertiary/aromatic N) is 4. The first-order valence-electron chi connectivity index (χ1n) is 9.58. The Hall–Kier alpha value is -3.50. The first-order chi connectivity index (χ1) is 15.4. The molecule has 0 fully saturated rings. The van der Waals surface area contributed by atoms with Crippen LogP contribution >= 0.6 is 11.8 Å². The quantitative estimate of drug-likeness (QED) is 0.215. The number of benzene rings is 3. The highest BCUT2D eigenvalue weighted by Crippen LogP contribution is 2.27. The van der Waals surface area contributed by atoms with Crippen molar-refractivity contribution in [1.82, 2.24) is 14.8 Å². The molecule has 0 aliphatic heterocycles. The molecule has 0 saturated heterocycles. The summed E-state index contributed by atoms with van der Waals surface area (Å²) in [4.78, 5) is 10.6. The number of rotatable bonds is 8. The molecule has 0 aliphatic carbocycles. The minimum absolute atomic E-state index is 0.0274. The highest BCUT2D eigenvalue weighted by molar-refractivity contribution is 7.98. The number of aromatic nitrogens is 3. The molecule has 10 heteroatoms. The first kappa shape index (κ1) is 21.7. The summed E-state index contributed by atoms with van der Waals surface area (Å²) >= 11 is 1.38. The van der Waals surface area contributed by atoms with E-state index < -0.39 is 14.8 Å². The average molecular weight is 467 g/mol. The zero-order valence-corrected chi connectivity index (χ0v) is 18.4. The zero-order valence-electron chi connectivity index (χ0n) is 16.7. The molecule has 0 atom stereocenters. The smallest absolute Gasteiger partial charge is 0.269 e. The maximum Gasteiger partial charge on any atom is 0.269 e. The van der Waals surface area contributed by atoms with E-state index in [1.165, 1.54) is 23.9 Å². The molecule has 1 aromatic heterocycles. The first-order valence-corrected chi connectivity index (χ1v) is 12.2. The molecular weight excluding hydrogens is 448 g/mol. The van der Waals surface area contributed by atoms with E-state index in [0.717, 1.165) is 11.3 Å². The standard InChI is InChI=1S/C22H18N4O4S2/c27-26(28)19-13-11-17(12-14-19)15-31-22-24-23-21(25(22)18-7-3-1-4-8-18)16-32(29,30)20-9-5-2-6-10-20/h1-14H,15-16H2. The normalized spacial score (nSPS) is 11.4. The van der Waals surface area contributed by atoms with Crippen LogP contribution in [-0.4, -0.2) is 28.1 Å². The maximum atomic E-state index is 12.9. The van der Waals surface area contributed by atoms with Gasteiger partial charge < -0.3 is 0 Å². The molecule has 4 aromatic rings. The second kappa shape index (κ2) is 9.33. The molecule has 0 unspecified atom stereocenters. The molecule has 32 heavy (non-hydrogen) atoms. The van der Waals surface area contributed by atoms with Gasteiger partial charge in [-0.05, 0) is 29.8 Å². The van der Waals surface area contributed by atoms with Gasteiger partial charge >= 0.3 is 0 Å². The lowest BCUT2D eigenvalue weighted by Gasteiger charge is -2.11. The molecule has 4 rings (SSSR count). The fraction of sp³-hybridized carbons (Fsp3) is 0.0909. The number of nitro groups is 1. The van der Waals surface area contributed by atoms with Gasteiger partial charge in [-0.15, -0.1) is 10.2 Å². The van der Waals surface area contributed by atoms with E-state index >= 15 is 0 Å². The Morgan fingerprint density at radius 3 is 2.12 bits per heavy atom. The molecule has 0 N–H and O–H groups in total. The minimum atomic E-state index is -3.61. The molecule has 1 heterocycles. The van der Waals surface area contributed by atoms with Crippen molar-refractivity contribution in [2.24, 2.45) is 0 Å². The van der Waals surface area contributed by atoms with Gasteiger partial charge in [0.2, 0.25) is 0 Å². The van der Waals surface area contributed by atoms with Gasteiger partial charge in [-0.2, -0.15) is 0 Å². The van der Waals surface area contributed by atoms with Gasteiger partial charge in [0.15, 0.2) is 20.8 Å². The lowest BCUT2D eigenvalue weighted by molar-refractivity contribution is -0.384. The van der Waals surface area contributed by atoms with Gasteiger partial charge in [-0.1, -0.05) is 60.3 Å². The molecule has 162 valence electrons. The predicted octanol–water partition coefficient (Wildman–Crippen LogP) is 4.44. The van der Waals surface area contributed by atoms with Crippen LogP contribution in [0.3, 0.4) is 0 Å². The molecule has 8 nitrogen and oxygen atoms in total. The van der Waals surface area contributed by atoms with Crippen LogP contribution in [0.15, 0.2) is 95.0 Å². The molecule has 0 saturated carbocycles. The second-order valence-corrected chi connectivity index (χ2v) is 9.79. The van der Waals surface area contributed by atoms with Crippen LogP contribution in [0.2, 0.25) is 0 Å². The van der Waals surface area contributed by atoms with Crippen LogP contribution in [0.5, 0.6) is 0 Å². The van der Waals surface area contributed by atoms with Gasteiger partial charge in [0.25, 0.3) is 5.69 Å². The number of hydrogen-bond donors (Lipinski definition) is 0. The molecule has 3 aromatic carbocycles. The average Bonchev–Trinajstić information content (AvgIpc) is 3.20. The van der Waals surface area contributed by atoms with Crippen molar-refractivity contribution < 1.29 is 13.3 Å². The molecule has 0 radical (unpaired) electrons. The summed E-state index contributed by atoms with van der Waals surface area (Å²) in [5.74, 6) is 0.511. The summed E-state index contributed by atoms with van der Waals surface area (Å²) in [6.07, 6.45) is 0. The van der Waals surface area contributed by atoms with Crippen LogP contribution in [0.25, 0.3) is 5.69 Å². The Labute approximate surface area is 189 Å². The van der Waals surface area contributed by atoms with Crippen LogP contribution in [0.4, 0.5) is 5.69 Å². The van der Waals surface area contributed by atoms with Crippen molar-refractivity contribution in [3.8, 4) is 5.69 Å². The van der Waals surface area contributed by atoms with Gasteiger partial charge in [0.05, 0.1) is 9.82 Å². The lowest BCUT2D eigenvalue weighted by Crippen LogP contribution is -2.11. The summed E-state index contributed by atoms with van der Waals surface area (Å²) < 4.78 is 27.6. The van der Waals surface area contributed by atoms with E-state index in [-0.39, 0.29) is 16.3 Å². The molecule has 0 aliphatic rings. The zero-order chi connectivity index (χ0) is 22.6. The number of non-ortho nitro benzene ring substituents is 1. The third-order valence-corrected chi connectivity index (χ3v) is 7.28. The van der Waals surface area contributed by atoms with Crippen molar-refractivity contribution in [3.63, 3.8) is 0 Å². The van der Waals surface area contributed by atoms with Crippen molar-refractivity contribution >= 4 is 27.3 Å². The van der Waals surface area contributed by atoms with Crippen LogP contribution in [-0.2, 0) is 21.3 Å². The van der Waals surface area contributed by atoms with Crippen LogP contribution in [0.1, 0.15) is 11.4 Å². The highest BCUT2D eigenvalue weighted by Gasteiger charge is 2.22. The van der Waals surface area contributed by atoms with Crippen molar-refractivity contribution in [3.05, 3.63) is 106 Å². The third-order valence-electron chi connectivity index (χ3n) is 4.65. The van der Waals surface area contributed by atoms with Gasteiger partial charge in [0.1, 0.15) is 5.75 Å². The second-order valence-electron chi connectivity index (χ2n) is 6.85. The number of thioether (sulfide) groups is 1. The monoisotopic (exact) mass is 466 g/mol. The van der Waals surface area contributed by atoms with E-state index in [1.807, 2.05) is 30.3 Å².